The van der Waals surface area contributed by atoms with Crippen LogP contribution in [0.3, 0.4) is 0 Å². The van der Waals surface area contributed by atoms with Crippen LogP contribution >= 0.6 is 0 Å². The van der Waals surface area contributed by atoms with Crippen molar-refractivity contribution in [2.45, 2.75) is 18.9 Å². The molecule has 4 N–H and O–H groups in total. The molecule has 9 heteroatoms. The van der Waals surface area contributed by atoms with Gasteiger partial charge < -0.3 is 20.5 Å². The van der Waals surface area contributed by atoms with Gasteiger partial charge in [-0.25, -0.2) is 9.78 Å². The predicted octanol–water partition coefficient (Wildman–Crippen LogP) is -1.18. The minimum absolute atomic E-state index is 0.166. The number of carboxylic acids is 2. The van der Waals surface area contributed by atoms with Crippen LogP contribution in [-0.4, -0.2) is 44.1 Å². The smallest absolute Gasteiger partial charge is 0.326 e. The lowest BCUT2D eigenvalue weighted by Gasteiger charge is -2.12. The van der Waals surface area contributed by atoms with E-state index in [0.29, 0.717) is 0 Å². The third kappa shape index (κ3) is 4.58. The maximum Gasteiger partial charge on any atom is 0.326 e. The lowest BCUT2D eigenvalue weighted by atomic mass is 10.1. The Kier molecular flexibility index (Phi) is 4.75. The summed E-state index contributed by atoms with van der Waals surface area (Å²) < 4.78 is 0. The first-order valence-corrected chi connectivity index (χ1v) is 5.20. The highest BCUT2D eigenvalue weighted by molar-refractivity contribution is 5.94. The number of aliphatic carboxylic acids is 2. The van der Waals surface area contributed by atoms with Gasteiger partial charge >= 0.3 is 11.9 Å². The average molecular weight is 269 g/mol. The highest BCUT2D eigenvalue weighted by atomic mass is 16.4. The fourth-order valence-corrected chi connectivity index (χ4v) is 1.22. The molecule has 1 amide bonds. The number of rotatable bonds is 6. The zero-order valence-corrected chi connectivity index (χ0v) is 9.62. The normalized spacial score (nSPS) is 11.6. The molecule has 0 unspecified atom stereocenters. The van der Waals surface area contributed by atoms with Gasteiger partial charge in [0.25, 0.3) is 11.5 Å². The van der Waals surface area contributed by atoms with Crippen LogP contribution in [0.5, 0.6) is 0 Å². The number of aromatic nitrogens is 2. The zero-order valence-electron chi connectivity index (χ0n) is 9.62. The molecule has 9 nitrogen and oxygen atoms in total. The number of carbonyl (C=O) groups excluding carboxylic acids is 1. The lowest BCUT2D eigenvalue weighted by molar-refractivity contribution is -0.140. The molecular weight excluding hydrogens is 258 g/mol. The van der Waals surface area contributed by atoms with Gasteiger partial charge in [0, 0.05) is 12.6 Å². The minimum Gasteiger partial charge on any atom is -0.481 e. The largest absolute Gasteiger partial charge is 0.481 e. The van der Waals surface area contributed by atoms with E-state index in [4.69, 9.17) is 10.2 Å². The van der Waals surface area contributed by atoms with Gasteiger partial charge in [0.2, 0.25) is 0 Å². The van der Waals surface area contributed by atoms with Crippen LogP contribution in [0, 0.1) is 0 Å². The molecule has 1 heterocycles. The number of hydrogen-bond acceptors (Lipinski definition) is 5. The van der Waals surface area contributed by atoms with Crippen molar-refractivity contribution in [2.75, 3.05) is 0 Å². The van der Waals surface area contributed by atoms with Crippen LogP contribution < -0.4 is 10.9 Å². The van der Waals surface area contributed by atoms with Crippen LogP contribution in [0.2, 0.25) is 0 Å². The molecule has 0 radical (unpaired) electrons. The molecule has 102 valence electrons. The zero-order chi connectivity index (χ0) is 14.4. The summed E-state index contributed by atoms with van der Waals surface area (Å²) in [5.74, 6) is -3.32. The highest BCUT2D eigenvalue weighted by Gasteiger charge is 2.22. The molecule has 1 rings (SSSR count). The maximum absolute atomic E-state index is 11.6. The van der Waals surface area contributed by atoms with Crippen molar-refractivity contribution >= 4 is 17.8 Å². The third-order valence-electron chi connectivity index (χ3n) is 2.15. The number of H-pyrrole nitrogens is 1. The molecule has 19 heavy (non-hydrogen) atoms. The van der Waals surface area contributed by atoms with Crippen molar-refractivity contribution in [1.29, 1.82) is 0 Å². The van der Waals surface area contributed by atoms with E-state index >= 15 is 0 Å². The van der Waals surface area contributed by atoms with Crippen molar-refractivity contribution in [2.24, 2.45) is 0 Å². The minimum atomic E-state index is -1.35. The summed E-state index contributed by atoms with van der Waals surface area (Å²) >= 11 is 0. The first kappa shape index (κ1) is 14.4. The Morgan fingerprint density at radius 1 is 1.37 bits per heavy atom. The van der Waals surface area contributed by atoms with Gasteiger partial charge in [0.15, 0.2) is 0 Å². The van der Waals surface area contributed by atoms with E-state index in [2.05, 4.69) is 15.3 Å². The summed E-state index contributed by atoms with van der Waals surface area (Å²) in [6.07, 6.45) is 1.27. The number of aromatic amines is 1. The fourth-order valence-electron chi connectivity index (χ4n) is 1.22. The monoisotopic (exact) mass is 269 g/mol. The summed E-state index contributed by atoms with van der Waals surface area (Å²) in [5.41, 5.74) is -0.668. The van der Waals surface area contributed by atoms with Crippen LogP contribution in [0.1, 0.15) is 23.3 Å². The van der Waals surface area contributed by atoms with E-state index in [-0.39, 0.29) is 12.1 Å². The summed E-state index contributed by atoms with van der Waals surface area (Å²) in [6, 6.07) is -1.34. The van der Waals surface area contributed by atoms with E-state index in [1.807, 2.05) is 0 Å². The molecule has 0 aromatic carbocycles. The standard InChI is InChI=1S/C10H11N3O6/c14-7-4-11-6(3-12-7)9(17)13-5(10(18)19)1-2-8(15)16/h3-5H,1-2H2,(H,12,14)(H,13,17)(H,15,16)(H,18,19)/t5-/m0/s1. The Morgan fingerprint density at radius 3 is 2.53 bits per heavy atom. The van der Waals surface area contributed by atoms with Crippen LogP contribution in [0.4, 0.5) is 0 Å². The van der Waals surface area contributed by atoms with Gasteiger partial charge in [-0.05, 0) is 6.42 Å². The molecule has 0 bridgehead atoms. The number of carboxylic acid groups (broad SMARTS) is 2. The van der Waals surface area contributed by atoms with Crippen molar-refractivity contribution in [3.63, 3.8) is 0 Å². The second kappa shape index (κ2) is 6.28. The summed E-state index contributed by atoms with van der Waals surface area (Å²) in [6.45, 7) is 0. The average Bonchev–Trinajstić information content (AvgIpc) is 2.34. The molecule has 0 saturated carbocycles. The Morgan fingerprint density at radius 2 is 2.05 bits per heavy atom. The molecule has 0 aliphatic carbocycles. The van der Waals surface area contributed by atoms with E-state index < -0.39 is 35.9 Å². The quantitative estimate of drug-likeness (QED) is 0.507. The highest BCUT2D eigenvalue weighted by Crippen LogP contribution is 2.00. The Hall–Kier alpha value is -2.71. The van der Waals surface area contributed by atoms with E-state index in [0.717, 1.165) is 12.4 Å². The number of nitrogens with one attached hydrogen (secondary N) is 2. The first-order chi connectivity index (χ1) is 8.90. The Labute approximate surface area is 106 Å². The SMILES string of the molecule is O=C(O)CC[C@H](NC(=O)c1c[nH]c(=O)cn1)C(=O)O. The van der Waals surface area contributed by atoms with Gasteiger partial charge in [0.1, 0.15) is 11.7 Å². The van der Waals surface area contributed by atoms with Crippen LogP contribution in [0.15, 0.2) is 17.2 Å². The molecular formula is C10H11N3O6. The van der Waals surface area contributed by atoms with Gasteiger partial charge in [-0.2, -0.15) is 0 Å². The maximum atomic E-state index is 11.6. The summed E-state index contributed by atoms with van der Waals surface area (Å²) in [5, 5.41) is 19.4. The topological polar surface area (TPSA) is 149 Å². The molecule has 0 aliphatic rings. The molecule has 1 aromatic rings. The second-order valence-electron chi connectivity index (χ2n) is 3.59. The number of amides is 1. The molecule has 0 aliphatic heterocycles. The van der Waals surface area contributed by atoms with Gasteiger partial charge in [-0.15, -0.1) is 0 Å². The van der Waals surface area contributed by atoms with E-state index in [9.17, 15) is 19.2 Å². The van der Waals surface area contributed by atoms with E-state index in [1.165, 1.54) is 0 Å². The number of nitrogens with zero attached hydrogens (tertiary/aromatic N) is 1. The van der Waals surface area contributed by atoms with E-state index in [1.54, 1.807) is 0 Å². The van der Waals surface area contributed by atoms with Gasteiger partial charge in [-0.1, -0.05) is 0 Å². The van der Waals surface area contributed by atoms with Crippen molar-refractivity contribution in [1.82, 2.24) is 15.3 Å². The van der Waals surface area contributed by atoms with Crippen molar-refractivity contribution < 1.29 is 24.6 Å². The van der Waals surface area contributed by atoms with Crippen molar-refractivity contribution in [3.05, 3.63) is 28.4 Å². The van der Waals surface area contributed by atoms with Crippen LogP contribution in [-0.2, 0) is 9.59 Å². The molecule has 0 spiro atoms. The van der Waals surface area contributed by atoms with Crippen LogP contribution in [0.25, 0.3) is 0 Å². The Bertz CT molecular complexity index is 532. The molecule has 1 aromatic heterocycles. The fraction of sp³-hybridized carbons (Fsp3) is 0.300. The summed E-state index contributed by atoms with van der Waals surface area (Å²) in [4.78, 5) is 49.3. The van der Waals surface area contributed by atoms with Crippen molar-refractivity contribution in [3.8, 4) is 0 Å². The third-order valence-corrected chi connectivity index (χ3v) is 2.15. The first-order valence-electron chi connectivity index (χ1n) is 5.20. The van der Waals surface area contributed by atoms with Gasteiger partial charge in [0.05, 0.1) is 6.20 Å². The number of hydrogen-bond donors (Lipinski definition) is 4. The number of carbonyl (C=O) groups is 3. The second-order valence-corrected chi connectivity index (χ2v) is 3.59. The lowest BCUT2D eigenvalue weighted by Crippen LogP contribution is -2.41. The molecule has 1 atom stereocenters. The predicted molar refractivity (Wildman–Crippen MR) is 60.6 cm³/mol. The Balaban J connectivity index is 2.70. The van der Waals surface area contributed by atoms with Gasteiger partial charge in [-0.3, -0.25) is 14.4 Å². The molecule has 0 fully saturated rings. The summed E-state index contributed by atoms with van der Waals surface area (Å²) in [7, 11) is 0. The molecule has 0 saturated heterocycles.